The van der Waals surface area contributed by atoms with E-state index in [1.165, 1.54) is 71.1 Å². The summed E-state index contributed by atoms with van der Waals surface area (Å²) >= 11 is 0. The molecule has 0 spiro atoms. The summed E-state index contributed by atoms with van der Waals surface area (Å²) in [6.45, 7) is 19.4. The minimum absolute atomic E-state index is 0. The third kappa shape index (κ3) is 17.2. The zero-order valence-corrected chi connectivity index (χ0v) is 28.3. The summed E-state index contributed by atoms with van der Waals surface area (Å²) < 4.78 is 0. The van der Waals surface area contributed by atoms with Gasteiger partial charge < -0.3 is 26.9 Å². The number of nitrogens with zero attached hydrogens (tertiary/aromatic N) is 7. The molecule has 0 amide bonds. The molecule has 3 N–H and O–H groups in total. The van der Waals surface area contributed by atoms with Crippen molar-refractivity contribution >= 4 is 11.6 Å². The maximum atomic E-state index is 6.97. The second kappa shape index (κ2) is 23.0. The molecule has 0 atom stereocenters. The molecule has 0 unspecified atom stereocenters. The van der Waals surface area contributed by atoms with Crippen LogP contribution in [0.5, 0.6) is 0 Å². The van der Waals surface area contributed by atoms with Gasteiger partial charge in [0.1, 0.15) is 5.82 Å². The second-order valence-electron chi connectivity index (χ2n) is 10.9. The second-order valence-corrected chi connectivity index (χ2v) is 10.9. The molecule has 227 valence electrons. The first-order valence-electron chi connectivity index (χ1n) is 14.5. The largest absolute Gasteiger partial charge is 0.430 e. The Labute approximate surface area is 275 Å². The van der Waals surface area contributed by atoms with Gasteiger partial charge in [0.15, 0.2) is 0 Å². The Kier molecular flexibility index (Phi) is 22.1. The van der Waals surface area contributed by atoms with Gasteiger partial charge in [-0.25, -0.2) is 14.8 Å². The standard InChI is InChI=1S/C15H23N5.C9H20N2.C6H7N2.CH4.Y/c1-12-14(16-2)11-18-15(19-12)17-8-4-5-13-6-9-20(3)10-7-13;1-11-7-4-9(5-8-11)3-2-6-10;1-5-3-4-7-6(2)8-5;;/h11,13H,4-10H2,1,3H3,(H,17,18,19);9H,2-8,10H2,1H3;4H,1-2H3;1H4;/q;;-1;;. The smallest absolute Gasteiger partial charge is 0.225 e. The first-order chi connectivity index (χ1) is 18.8. The van der Waals surface area contributed by atoms with Crippen LogP contribution in [0.1, 0.15) is 76.0 Å². The number of nitrogens with two attached hydrogens (primary N) is 1. The van der Waals surface area contributed by atoms with E-state index < -0.39 is 0 Å². The van der Waals surface area contributed by atoms with E-state index in [0.717, 1.165) is 48.6 Å². The molecule has 2 fully saturated rings. The molecule has 2 aromatic rings. The average Bonchev–Trinajstić information content (AvgIpc) is 2.92. The Morgan fingerprint density at radius 1 is 0.951 bits per heavy atom. The summed E-state index contributed by atoms with van der Waals surface area (Å²) in [4.78, 5) is 24.5. The number of aryl methyl sites for hydroxylation is 3. The van der Waals surface area contributed by atoms with Crippen molar-refractivity contribution in [2.24, 2.45) is 17.6 Å². The minimum atomic E-state index is 0. The number of rotatable bonds is 8. The topological polar surface area (TPSA) is 100 Å². The van der Waals surface area contributed by atoms with Crippen molar-refractivity contribution in [1.82, 2.24) is 29.7 Å². The number of piperidine rings is 2. The molecule has 2 aliphatic heterocycles. The first kappa shape index (κ1) is 39.4. The van der Waals surface area contributed by atoms with Crippen molar-refractivity contribution in [2.45, 2.75) is 79.6 Å². The van der Waals surface area contributed by atoms with Crippen LogP contribution in [0.25, 0.3) is 4.85 Å². The molecular weight excluding hydrogens is 587 g/mol. The maximum absolute atomic E-state index is 6.97. The van der Waals surface area contributed by atoms with E-state index in [1.54, 1.807) is 12.4 Å². The molecule has 0 bridgehead atoms. The van der Waals surface area contributed by atoms with Gasteiger partial charge >= 0.3 is 0 Å². The van der Waals surface area contributed by atoms with Gasteiger partial charge in [0.2, 0.25) is 11.6 Å². The van der Waals surface area contributed by atoms with Crippen molar-refractivity contribution < 1.29 is 32.7 Å². The Balaban J connectivity index is 0.000000644. The predicted molar refractivity (Wildman–Crippen MR) is 167 cm³/mol. The van der Waals surface area contributed by atoms with Crippen molar-refractivity contribution in [1.29, 1.82) is 0 Å². The Morgan fingerprint density at radius 3 is 1.95 bits per heavy atom. The number of likely N-dealkylation sites (tertiary alicyclic amines) is 2. The molecular formula is C31H54N9Y-. The SMILES string of the molecule is C.CN1CCC(CCCN)CC1.Cc1[c-]cnc(C)n1.[C-]#[N+]c1cnc(NCCCC2CCN(C)CC2)nc1C.[Y]. The third-order valence-corrected chi connectivity index (χ3v) is 7.49. The van der Waals surface area contributed by atoms with Gasteiger partial charge in [0, 0.05) is 51.1 Å². The molecule has 0 saturated carbocycles. The van der Waals surface area contributed by atoms with Crippen LogP contribution in [0, 0.1) is 45.2 Å². The van der Waals surface area contributed by atoms with Crippen LogP contribution < -0.4 is 11.1 Å². The van der Waals surface area contributed by atoms with Crippen molar-refractivity contribution in [3.63, 3.8) is 0 Å². The van der Waals surface area contributed by atoms with Gasteiger partial charge in [-0.1, -0.05) is 14.4 Å². The zero-order chi connectivity index (χ0) is 28.5. The summed E-state index contributed by atoms with van der Waals surface area (Å²) in [5.41, 5.74) is 7.64. The molecule has 0 aliphatic carbocycles. The third-order valence-electron chi connectivity index (χ3n) is 7.49. The molecule has 10 heteroatoms. The Bertz CT molecular complexity index is 962. The van der Waals surface area contributed by atoms with E-state index in [-0.39, 0.29) is 40.1 Å². The number of hydrogen-bond acceptors (Lipinski definition) is 8. The fourth-order valence-corrected chi connectivity index (χ4v) is 4.88. The minimum Gasteiger partial charge on any atom is -0.430 e. The number of nitrogens with one attached hydrogen (secondary N) is 1. The summed E-state index contributed by atoms with van der Waals surface area (Å²) in [5.74, 6) is 3.29. The first-order valence-corrected chi connectivity index (χ1v) is 14.5. The van der Waals surface area contributed by atoms with Gasteiger partial charge in [-0.3, -0.25) is 9.97 Å². The molecule has 1 radical (unpaired) electrons. The predicted octanol–water partition coefficient (Wildman–Crippen LogP) is 5.46. The quantitative estimate of drug-likeness (QED) is 0.290. The number of hydrogen-bond donors (Lipinski definition) is 2. The van der Waals surface area contributed by atoms with Gasteiger partial charge in [-0.05, 0) is 124 Å². The van der Waals surface area contributed by atoms with Crippen molar-refractivity contribution in [2.75, 3.05) is 58.7 Å². The molecule has 0 aromatic carbocycles. The van der Waals surface area contributed by atoms with Crippen molar-refractivity contribution in [3.05, 3.63) is 47.1 Å². The van der Waals surface area contributed by atoms with Crippen LogP contribution in [-0.2, 0) is 32.7 Å². The molecule has 2 saturated heterocycles. The van der Waals surface area contributed by atoms with Crippen LogP contribution >= 0.6 is 0 Å². The van der Waals surface area contributed by atoms with E-state index >= 15 is 0 Å². The average molecular weight is 642 g/mol. The Hall–Kier alpha value is -1.57. The van der Waals surface area contributed by atoms with Crippen LogP contribution in [-0.4, -0.2) is 83.1 Å². The van der Waals surface area contributed by atoms with E-state index in [4.69, 9.17) is 12.3 Å². The Morgan fingerprint density at radius 2 is 1.51 bits per heavy atom. The summed E-state index contributed by atoms with van der Waals surface area (Å²) in [6, 6.07) is 2.85. The monoisotopic (exact) mass is 641 g/mol. The van der Waals surface area contributed by atoms with E-state index in [1.807, 2.05) is 20.8 Å². The van der Waals surface area contributed by atoms with Crippen LogP contribution in [0.4, 0.5) is 11.6 Å². The number of aromatic nitrogens is 4. The normalized spacial score (nSPS) is 16.0. The molecule has 4 rings (SSSR count). The fraction of sp³-hybridized carbons (Fsp3) is 0.710. The fourth-order valence-electron chi connectivity index (χ4n) is 4.88. The van der Waals surface area contributed by atoms with Crippen LogP contribution in [0.2, 0.25) is 0 Å². The summed E-state index contributed by atoms with van der Waals surface area (Å²) in [6.07, 6.45) is 13.6. The molecule has 9 nitrogen and oxygen atoms in total. The van der Waals surface area contributed by atoms with Gasteiger partial charge in [-0.15, -0.1) is 11.9 Å². The van der Waals surface area contributed by atoms with Gasteiger partial charge in [0.25, 0.3) is 0 Å². The molecule has 4 heterocycles. The molecule has 2 aliphatic rings. The van der Waals surface area contributed by atoms with E-state index in [2.05, 4.69) is 60.1 Å². The van der Waals surface area contributed by atoms with E-state index in [0.29, 0.717) is 11.6 Å². The van der Waals surface area contributed by atoms with Crippen LogP contribution in [0.3, 0.4) is 0 Å². The zero-order valence-electron chi connectivity index (χ0n) is 25.5. The van der Waals surface area contributed by atoms with Gasteiger partial charge in [0.05, 0.1) is 6.57 Å². The summed E-state index contributed by atoms with van der Waals surface area (Å²) in [5, 5.41) is 3.25. The summed E-state index contributed by atoms with van der Waals surface area (Å²) in [7, 11) is 4.41. The van der Waals surface area contributed by atoms with Crippen molar-refractivity contribution in [3.8, 4) is 0 Å². The maximum Gasteiger partial charge on any atom is 0.225 e. The van der Waals surface area contributed by atoms with Gasteiger partial charge in [-0.2, -0.15) is 0 Å². The molecule has 41 heavy (non-hydrogen) atoms. The van der Waals surface area contributed by atoms with E-state index in [9.17, 15) is 0 Å². The number of anilines is 1. The van der Waals surface area contributed by atoms with Crippen LogP contribution in [0.15, 0.2) is 12.4 Å². The molecule has 2 aromatic heterocycles.